The van der Waals surface area contributed by atoms with Gasteiger partial charge in [0.15, 0.2) is 0 Å². The van der Waals surface area contributed by atoms with Crippen LogP contribution in [0, 0.1) is 5.92 Å². The van der Waals surface area contributed by atoms with E-state index in [1.54, 1.807) is 7.11 Å². The van der Waals surface area contributed by atoms with E-state index in [-0.39, 0.29) is 0 Å². The van der Waals surface area contributed by atoms with Crippen LogP contribution in [-0.2, 0) is 4.74 Å². The summed E-state index contributed by atoms with van der Waals surface area (Å²) < 4.78 is 4.90. The Morgan fingerprint density at radius 3 is 2.27 bits per heavy atom. The van der Waals surface area contributed by atoms with E-state index in [2.05, 4.69) is 25.4 Å². The van der Waals surface area contributed by atoms with E-state index in [0.29, 0.717) is 11.7 Å². The van der Waals surface area contributed by atoms with Crippen molar-refractivity contribution in [1.29, 1.82) is 0 Å². The van der Waals surface area contributed by atoms with Crippen LogP contribution in [0.4, 0.5) is 0 Å². The van der Waals surface area contributed by atoms with Crippen LogP contribution in [-0.4, -0.2) is 20.7 Å². The van der Waals surface area contributed by atoms with Crippen LogP contribution in [0.25, 0.3) is 0 Å². The van der Waals surface area contributed by atoms with Crippen molar-refractivity contribution in [2.24, 2.45) is 5.92 Å². The monoisotopic (exact) mass is 211 g/mol. The standard InChI is InChI=1S/C11H19NO.C2H6/c1-9(10(2)8-12-4)6-7-11(3)13-5;1-2/h6-7,10,12H,1,3,8H2,2,4-5H3;1-2H3/b7-6-;. The van der Waals surface area contributed by atoms with E-state index >= 15 is 0 Å². The molecule has 0 aromatic rings. The van der Waals surface area contributed by atoms with E-state index in [9.17, 15) is 0 Å². The van der Waals surface area contributed by atoms with Crippen LogP contribution < -0.4 is 5.32 Å². The van der Waals surface area contributed by atoms with Crippen molar-refractivity contribution in [1.82, 2.24) is 5.32 Å². The van der Waals surface area contributed by atoms with Gasteiger partial charge in [0.2, 0.25) is 0 Å². The lowest BCUT2D eigenvalue weighted by Gasteiger charge is -2.10. The van der Waals surface area contributed by atoms with Gasteiger partial charge < -0.3 is 10.1 Å². The second-order valence-corrected chi connectivity index (χ2v) is 3.04. The van der Waals surface area contributed by atoms with Crippen LogP contribution in [0.2, 0.25) is 0 Å². The van der Waals surface area contributed by atoms with Crippen molar-refractivity contribution < 1.29 is 4.74 Å². The van der Waals surface area contributed by atoms with Gasteiger partial charge in [-0.2, -0.15) is 0 Å². The predicted octanol–water partition coefficient (Wildman–Crippen LogP) is 3.14. The van der Waals surface area contributed by atoms with E-state index in [4.69, 9.17) is 4.74 Å². The molecule has 1 N–H and O–H groups in total. The highest BCUT2D eigenvalue weighted by molar-refractivity contribution is 5.23. The largest absolute Gasteiger partial charge is 0.497 e. The fourth-order valence-corrected chi connectivity index (χ4v) is 0.870. The minimum atomic E-state index is 0.436. The van der Waals surface area contributed by atoms with Crippen molar-refractivity contribution in [3.63, 3.8) is 0 Å². The molecular weight excluding hydrogens is 186 g/mol. The molecule has 0 amide bonds. The molecule has 0 saturated carbocycles. The molecule has 0 bridgehead atoms. The van der Waals surface area contributed by atoms with Crippen molar-refractivity contribution in [2.45, 2.75) is 20.8 Å². The van der Waals surface area contributed by atoms with Gasteiger partial charge in [-0.05, 0) is 19.0 Å². The van der Waals surface area contributed by atoms with E-state index < -0.39 is 0 Å². The Bertz CT molecular complexity index is 207. The first kappa shape index (κ1) is 16.4. The zero-order valence-corrected chi connectivity index (χ0v) is 10.8. The summed E-state index contributed by atoms with van der Waals surface area (Å²) >= 11 is 0. The van der Waals surface area contributed by atoms with Crippen molar-refractivity contribution >= 4 is 0 Å². The van der Waals surface area contributed by atoms with Crippen molar-refractivity contribution in [3.8, 4) is 0 Å². The molecule has 0 radical (unpaired) electrons. The molecule has 88 valence electrons. The first-order chi connectivity index (χ1) is 7.11. The molecule has 0 aliphatic heterocycles. The summed E-state index contributed by atoms with van der Waals surface area (Å²) in [4.78, 5) is 0. The van der Waals surface area contributed by atoms with Gasteiger partial charge in [0, 0.05) is 6.54 Å². The van der Waals surface area contributed by atoms with Gasteiger partial charge in [-0.25, -0.2) is 0 Å². The average Bonchev–Trinajstić information content (AvgIpc) is 2.28. The smallest absolute Gasteiger partial charge is 0.111 e. The van der Waals surface area contributed by atoms with Crippen LogP contribution in [0.15, 0.2) is 36.6 Å². The molecule has 0 aromatic carbocycles. The molecule has 0 heterocycles. The molecule has 0 fully saturated rings. The van der Waals surface area contributed by atoms with Crippen LogP contribution >= 0.6 is 0 Å². The maximum Gasteiger partial charge on any atom is 0.111 e. The molecule has 0 saturated heterocycles. The predicted molar refractivity (Wildman–Crippen MR) is 68.9 cm³/mol. The second kappa shape index (κ2) is 11.1. The Hall–Kier alpha value is -1.02. The molecule has 1 unspecified atom stereocenters. The van der Waals surface area contributed by atoms with E-state index in [1.165, 1.54) is 0 Å². The summed E-state index contributed by atoms with van der Waals surface area (Å²) in [5, 5.41) is 3.10. The summed E-state index contributed by atoms with van der Waals surface area (Å²) in [6.07, 6.45) is 3.77. The summed E-state index contributed by atoms with van der Waals surface area (Å²) in [6.45, 7) is 14.7. The topological polar surface area (TPSA) is 21.3 Å². The molecule has 0 aliphatic rings. The summed E-state index contributed by atoms with van der Waals surface area (Å²) in [7, 11) is 3.54. The number of hydrogen-bond donors (Lipinski definition) is 1. The van der Waals surface area contributed by atoms with Crippen molar-refractivity contribution in [3.05, 3.63) is 36.6 Å². The number of allylic oxidation sites excluding steroid dienone is 2. The zero-order valence-electron chi connectivity index (χ0n) is 10.8. The lowest BCUT2D eigenvalue weighted by atomic mass is 10.0. The minimum absolute atomic E-state index is 0.436. The van der Waals surface area contributed by atoms with Gasteiger partial charge >= 0.3 is 0 Å². The molecule has 1 atom stereocenters. The molecule has 15 heavy (non-hydrogen) atoms. The van der Waals surface area contributed by atoms with Crippen LogP contribution in [0.3, 0.4) is 0 Å². The van der Waals surface area contributed by atoms with Crippen LogP contribution in [0.1, 0.15) is 20.8 Å². The van der Waals surface area contributed by atoms with Gasteiger partial charge in [0.05, 0.1) is 7.11 Å². The molecule has 0 spiro atoms. The molecule has 0 aliphatic carbocycles. The summed E-state index contributed by atoms with van der Waals surface area (Å²) in [6, 6.07) is 0. The van der Waals surface area contributed by atoms with Crippen LogP contribution in [0.5, 0.6) is 0 Å². The highest BCUT2D eigenvalue weighted by Gasteiger charge is 2.01. The fourth-order valence-electron chi connectivity index (χ4n) is 0.870. The van der Waals surface area contributed by atoms with Gasteiger partial charge in [0.1, 0.15) is 5.76 Å². The third kappa shape index (κ3) is 9.29. The SMILES string of the molecule is C=C(/C=C\C(=C)C(C)CNC)OC.CC. The fraction of sp³-hybridized carbons (Fsp3) is 0.538. The quantitative estimate of drug-likeness (QED) is 0.538. The van der Waals surface area contributed by atoms with Gasteiger partial charge in [0.25, 0.3) is 0 Å². The average molecular weight is 211 g/mol. The number of nitrogens with one attached hydrogen (secondary N) is 1. The first-order valence-corrected chi connectivity index (χ1v) is 5.36. The summed E-state index contributed by atoms with van der Waals surface area (Å²) in [5.41, 5.74) is 1.08. The Balaban J connectivity index is 0. The number of rotatable bonds is 6. The lowest BCUT2D eigenvalue weighted by molar-refractivity contribution is 0.308. The number of ether oxygens (including phenoxy) is 1. The Labute approximate surface area is 94.7 Å². The maximum absolute atomic E-state index is 4.90. The van der Waals surface area contributed by atoms with E-state index in [0.717, 1.165) is 12.1 Å². The normalized spacial score (nSPS) is 11.5. The lowest BCUT2D eigenvalue weighted by Crippen LogP contribution is -2.16. The molecule has 0 aromatic heterocycles. The third-order valence-corrected chi connectivity index (χ3v) is 1.89. The van der Waals surface area contributed by atoms with Gasteiger partial charge in [-0.3, -0.25) is 0 Å². The Kier molecular flexibility index (Phi) is 12.1. The first-order valence-electron chi connectivity index (χ1n) is 5.36. The van der Waals surface area contributed by atoms with Gasteiger partial charge in [-0.1, -0.05) is 45.6 Å². The molecular formula is C13H25NO. The molecule has 2 heteroatoms. The molecule has 2 nitrogen and oxygen atoms in total. The Morgan fingerprint density at radius 2 is 1.87 bits per heavy atom. The zero-order chi connectivity index (χ0) is 12.3. The highest BCUT2D eigenvalue weighted by atomic mass is 16.5. The number of hydrogen-bond acceptors (Lipinski definition) is 2. The number of methoxy groups -OCH3 is 1. The van der Waals surface area contributed by atoms with Gasteiger partial charge in [-0.15, -0.1) is 0 Å². The Morgan fingerprint density at radius 1 is 1.33 bits per heavy atom. The molecule has 0 rings (SSSR count). The van der Waals surface area contributed by atoms with E-state index in [1.807, 2.05) is 33.0 Å². The third-order valence-electron chi connectivity index (χ3n) is 1.89. The van der Waals surface area contributed by atoms with Crippen molar-refractivity contribution in [2.75, 3.05) is 20.7 Å². The minimum Gasteiger partial charge on any atom is -0.497 e. The second-order valence-electron chi connectivity index (χ2n) is 3.04. The maximum atomic E-state index is 4.90. The summed E-state index contributed by atoms with van der Waals surface area (Å²) in [5.74, 6) is 1.09. The highest BCUT2D eigenvalue weighted by Crippen LogP contribution is 2.09.